The van der Waals surface area contributed by atoms with E-state index in [4.69, 9.17) is 9.47 Å². The molecule has 0 aliphatic heterocycles. The highest BCUT2D eigenvalue weighted by Gasteiger charge is 2.03. The first-order valence-electron chi connectivity index (χ1n) is 6.01. The maximum atomic E-state index is 5.20. The normalized spacial score (nSPS) is 10.2. The highest BCUT2D eigenvalue weighted by atomic mass is 16.5. The molecule has 0 spiro atoms. The average Bonchev–Trinajstić information content (AvgIpc) is 2.48. The third-order valence-electron chi connectivity index (χ3n) is 2.70. The number of ether oxygens (including phenoxy) is 2. The van der Waals surface area contributed by atoms with Crippen molar-refractivity contribution in [3.8, 4) is 11.8 Å². The number of aromatic nitrogens is 2. The monoisotopic (exact) mass is 259 g/mol. The van der Waals surface area contributed by atoms with Gasteiger partial charge in [-0.1, -0.05) is 6.07 Å². The molecule has 2 heterocycles. The largest absolute Gasteiger partial charge is 0.481 e. The molecule has 0 aliphatic rings. The Hall–Kier alpha value is -2.14. The van der Waals surface area contributed by atoms with E-state index in [2.05, 4.69) is 15.3 Å². The molecule has 2 aromatic heterocycles. The van der Waals surface area contributed by atoms with Gasteiger partial charge in [-0.15, -0.1) is 0 Å². The van der Waals surface area contributed by atoms with E-state index in [-0.39, 0.29) is 0 Å². The van der Waals surface area contributed by atoms with Gasteiger partial charge >= 0.3 is 0 Å². The van der Waals surface area contributed by atoms with E-state index in [1.54, 1.807) is 26.6 Å². The number of pyridine rings is 2. The molecular weight excluding hydrogens is 242 g/mol. The smallest absolute Gasteiger partial charge is 0.217 e. The number of hydrogen-bond acceptors (Lipinski definition) is 5. The van der Waals surface area contributed by atoms with Crippen LogP contribution in [0.5, 0.6) is 11.8 Å². The molecule has 0 amide bonds. The number of hydrogen-bond donors (Lipinski definition) is 1. The van der Waals surface area contributed by atoms with Crippen molar-refractivity contribution in [2.45, 2.75) is 13.1 Å². The fraction of sp³-hybridized carbons (Fsp3) is 0.286. The molecule has 2 rings (SSSR count). The van der Waals surface area contributed by atoms with Crippen LogP contribution in [0, 0.1) is 0 Å². The SMILES string of the molecule is COc1cc(CNCc2cccnc2OC)ccn1. The Bertz CT molecular complexity index is 532. The van der Waals surface area contributed by atoms with Gasteiger partial charge in [0.15, 0.2) is 0 Å². The van der Waals surface area contributed by atoms with Gasteiger partial charge in [0.1, 0.15) is 0 Å². The van der Waals surface area contributed by atoms with E-state index in [1.807, 2.05) is 24.3 Å². The molecule has 0 unspecified atom stereocenters. The van der Waals surface area contributed by atoms with Crippen molar-refractivity contribution in [3.63, 3.8) is 0 Å². The molecule has 0 aliphatic carbocycles. The lowest BCUT2D eigenvalue weighted by atomic mass is 10.2. The van der Waals surface area contributed by atoms with E-state index in [0.29, 0.717) is 18.3 Å². The molecule has 5 nitrogen and oxygen atoms in total. The molecule has 2 aromatic rings. The topological polar surface area (TPSA) is 56.3 Å². The predicted molar refractivity (Wildman–Crippen MR) is 72.1 cm³/mol. The number of nitrogens with zero attached hydrogens (tertiary/aromatic N) is 2. The van der Waals surface area contributed by atoms with Crippen LogP contribution in [0.1, 0.15) is 11.1 Å². The van der Waals surface area contributed by atoms with Crippen LogP contribution in [0.15, 0.2) is 36.7 Å². The summed E-state index contributed by atoms with van der Waals surface area (Å²) in [4.78, 5) is 8.23. The molecule has 0 atom stereocenters. The Kier molecular flexibility index (Phi) is 4.69. The highest BCUT2D eigenvalue weighted by molar-refractivity contribution is 5.25. The number of rotatable bonds is 6. The Morgan fingerprint density at radius 2 is 1.95 bits per heavy atom. The zero-order valence-electron chi connectivity index (χ0n) is 11.1. The summed E-state index contributed by atoms with van der Waals surface area (Å²) < 4.78 is 10.3. The second-order valence-electron chi connectivity index (χ2n) is 3.98. The average molecular weight is 259 g/mol. The Morgan fingerprint density at radius 1 is 1.05 bits per heavy atom. The maximum absolute atomic E-state index is 5.20. The molecule has 19 heavy (non-hydrogen) atoms. The summed E-state index contributed by atoms with van der Waals surface area (Å²) in [5.41, 5.74) is 2.15. The van der Waals surface area contributed by atoms with Crippen molar-refractivity contribution in [2.75, 3.05) is 14.2 Å². The van der Waals surface area contributed by atoms with Gasteiger partial charge in [-0.25, -0.2) is 9.97 Å². The van der Waals surface area contributed by atoms with Crippen LogP contribution >= 0.6 is 0 Å². The van der Waals surface area contributed by atoms with Crippen LogP contribution in [-0.2, 0) is 13.1 Å². The van der Waals surface area contributed by atoms with Gasteiger partial charge in [0.25, 0.3) is 0 Å². The Balaban J connectivity index is 1.92. The summed E-state index contributed by atoms with van der Waals surface area (Å²) in [7, 11) is 3.24. The molecule has 0 fully saturated rings. The van der Waals surface area contributed by atoms with Crippen LogP contribution in [0.2, 0.25) is 0 Å². The molecule has 1 N–H and O–H groups in total. The second-order valence-corrected chi connectivity index (χ2v) is 3.98. The van der Waals surface area contributed by atoms with Gasteiger partial charge in [-0.2, -0.15) is 0 Å². The van der Waals surface area contributed by atoms with Gasteiger partial charge in [-0.3, -0.25) is 0 Å². The van der Waals surface area contributed by atoms with Crippen molar-refractivity contribution in [3.05, 3.63) is 47.8 Å². The van der Waals surface area contributed by atoms with Gasteiger partial charge in [0, 0.05) is 37.1 Å². The molecular formula is C14H17N3O2. The molecule has 0 aromatic carbocycles. The summed E-state index contributed by atoms with van der Waals surface area (Å²) in [6, 6.07) is 7.75. The molecule has 0 saturated carbocycles. The van der Waals surface area contributed by atoms with Crippen LogP contribution < -0.4 is 14.8 Å². The number of nitrogens with one attached hydrogen (secondary N) is 1. The van der Waals surface area contributed by atoms with E-state index in [0.717, 1.165) is 17.7 Å². The van der Waals surface area contributed by atoms with Crippen molar-refractivity contribution in [1.29, 1.82) is 0 Å². The molecule has 0 bridgehead atoms. The van der Waals surface area contributed by atoms with E-state index >= 15 is 0 Å². The fourth-order valence-electron chi connectivity index (χ4n) is 1.76. The molecule has 0 radical (unpaired) electrons. The number of methoxy groups -OCH3 is 2. The fourth-order valence-corrected chi connectivity index (χ4v) is 1.76. The molecule has 100 valence electrons. The first-order chi connectivity index (χ1) is 9.33. The lowest BCUT2D eigenvalue weighted by molar-refractivity contribution is 0.390. The zero-order chi connectivity index (χ0) is 13.5. The highest BCUT2D eigenvalue weighted by Crippen LogP contribution is 2.13. The van der Waals surface area contributed by atoms with Gasteiger partial charge in [-0.05, 0) is 17.7 Å². The van der Waals surface area contributed by atoms with Crippen LogP contribution in [0.25, 0.3) is 0 Å². The minimum Gasteiger partial charge on any atom is -0.481 e. The van der Waals surface area contributed by atoms with Crippen LogP contribution in [0.3, 0.4) is 0 Å². The summed E-state index contributed by atoms with van der Waals surface area (Å²) in [5, 5.41) is 3.34. The van der Waals surface area contributed by atoms with Crippen molar-refractivity contribution in [1.82, 2.24) is 15.3 Å². The standard InChI is InChI=1S/C14H17N3O2/c1-18-13-8-11(5-7-16-13)9-15-10-12-4-3-6-17-14(12)19-2/h3-8,15H,9-10H2,1-2H3. The van der Waals surface area contributed by atoms with Gasteiger partial charge in [0.05, 0.1) is 14.2 Å². The van der Waals surface area contributed by atoms with Crippen molar-refractivity contribution >= 4 is 0 Å². The van der Waals surface area contributed by atoms with Crippen LogP contribution in [0.4, 0.5) is 0 Å². The van der Waals surface area contributed by atoms with Gasteiger partial charge < -0.3 is 14.8 Å². The summed E-state index contributed by atoms with van der Waals surface area (Å²) in [6.45, 7) is 1.43. The summed E-state index contributed by atoms with van der Waals surface area (Å²) >= 11 is 0. The maximum Gasteiger partial charge on any atom is 0.217 e. The second kappa shape index (κ2) is 6.70. The zero-order valence-corrected chi connectivity index (χ0v) is 11.1. The predicted octanol–water partition coefficient (Wildman–Crippen LogP) is 1.78. The Morgan fingerprint density at radius 3 is 2.74 bits per heavy atom. The summed E-state index contributed by atoms with van der Waals surface area (Å²) in [6.07, 6.45) is 3.45. The third kappa shape index (κ3) is 3.66. The van der Waals surface area contributed by atoms with E-state index < -0.39 is 0 Å². The summed E-state index contributed by atoms with van der Waals surface area (Å²) in [5.74, 6) is 1.28. The van der Waals surface area contributed by atoms with Crippen molar-refractivity contribution in [2.24, 2.45) is 0 Å². The lowest BCUT2D eigenvalue weighted by Gasteiger charge is -2.08. The Labute approximate surface area is 112 Å². The lowest BCUT2D eigenvalue weighted by Crippen LogP contribution is -2.13. The van der Waals surface area contributed by atoms with E-state index in [1.165, 1.54) is 0 Å². The first-order valence-corrected chi connectivity index (χ1v) is 6.01. The van der Waals surface area contributed by atoms with Crippen molar-refractivity contribution < 1.29 is 9.47 Å². The van der Waals surface area contributed by atoms with Crippen LogP contribution in [-0.4, -0.2) is 24.2 Å². The minimum absolute atomic E-state index is 0.623. The molecule has 0 saturated heterocycles. The van der Waals surface area contributed by atoms with Gasteiger partial charge in [0.2, 0.25) is 11.8 Å². The minimum atomic E-state index is 0.623. The quantitative estimate of drug-likeness (QED) is 0.857. The molecule has 5 heteroatoms. The first kappa shape index (κ1) is 13.3. The van der Waals surface area contributed by atoms with E-state index in [9.17, 15) is 0 Å². The third-order valence-corrected chi connectivity index (χ3v) is 2.70.